The Labute approximate surface area is 379 Å². The van der Waals surface area contributed by atoms with E-state index in [9.17, 15) is 0 Å². The van der Waals surface area contributed by atoms with Crippen LogP contribution in [0.4, 0.5) is 0 Å². The molecule has 0 spiro atoms. The molecule has 9 aromatic carbocycles. The van der Waals surface area contributed by atoms with Crippen LogP contribution in [-0.4, -0.2) is 16.3 Å². The van der Waals surface area contributed by atoms with Crippen LogP contribution in [0, 0.1) is 0 Å². The molecule has 0 saturated carbocycles. The van der Waals surface area contributed by atoms with Gasteiger partial charge in [0.05, 0.1) is 22.2 Å². The molecule has 3 heterocycles. The molecule has 65 heavy (non-hydrogen) atoms. The Morgan fingerprint density at radius 1 is 0.492 bits per heavy atom. The van der Waals surface area contributed by atoms with E-state index in [0.29, 0.717) is 0 Å². The molecule has 1 aliphatic heterocycles. The van der Waals surface area contributed by atoms with Crippen molar-refractivity contribution in [2.24, 2.45) is 0 Å². The highest BCUT2D eigenvalue weighted by Crippen LogP contribution is 2.40. The summed E-state index contributed by atoms with van der Waals surface area (Å²) >= 11 is 0. The molecule has 0 atom stereocenters. The smallest absolute Gasteiger partial charge is 0.244 e. The van der Waals surface area contributed by atoms with Crippen LogP contribution in [-0.2, 0) is 0 Å². The van der Waals surface area contributed by atoms with Crippen molar-refractivity contribution in [1.29, 1.82) is 0 Å². The van der Waals surface area contributed by atoms with Gasteiger partial charge in [-0.05, 0) is 111 Å². The number of hydrogen-bond acceptors (Lipinski definition) is 1. The van der Waals surface area contributed by atoms with Gasteiger partial charge in [-0.2, -0.15) is 0 Å². The molecule has 0 bridgehead atoms. The summed E-state index contributed by atoms with van der Waals surface area (Å²) < 4.78 is 2.38. The number of allylic oxidation sites excluding steroid dienone is 5. The fourth-order valence-electron chi connectivity index (χ4n) is 10.4. The number of benzene rings is 9. The van der Waals surface area contributed by atoms with Crippen molar-refractivity contribution < 1.29 is 0 Å². The van der Waals surface area contributed by atoms with E-state index >= 15 is 0 Å². The van der Waals surface area contributed by atoms with Gasteiger partial charge in [0.1, 0.15) is 0 Å². The summed E-state index contributed by atoms with van der Waals surface area (Å²) in [6.07, 6.45) is 8.34. The van der Waals surface area contributed by atoms with Crippen LogP contribution in [0.1, 0.15) is 12.5 Å². The summed E-state index contributed by atoms with van der Waals surface area (Å²) in [5.74, 6) is 0. The summed E-state index contributed by atoms with van der Waals surface area (Å²) in [5.41, 5.74) is 19.7. The van der Waals surface area contributed by atoms with Gasteiger partial charge in [-0.1, -0.05) is 205 Å². The van der Waals surface area contributed by atoms with Gasteiger partial charge in [0, 0.05) is 27.2 Å². The number of hydrogen-bond donors (Lipinski definition) is 0. The van der Waals surface area contributed by atoms with E-state index in [1.165, 1.54) is 82.3 Å². The zero-order valence-electron chi connectivity index (χ0n) is 36.1. The number of pyridine rings is 1. The van der Waals surface area contributed by atoms with E-state index in [0.717, 1.165) is 39.0 Å². The molecule has 0 N–H and O–H groups in total. The first-order valence-corrected chi connectivity index (χ1v) is 22.5. The molecule has 0 aliphatic carbocycles. The number of aromatic nitrogens is 2. The highest BCUT2D eigenvalue weighted by atomic mass is 15.0. The number of fused-ring (bicyclic) bond motifs is 7. The van der Waals surface area contributed by atoms with Gasteiger partial charge in [0.15, 0.2) is 0 Å². The molecular weight excluding hydrogens is 784 g/mol. The zero-order chi connectivity index (χ0) is 43.4. The third-order valence-electron chi connectivity index (χ3n) is 13.3. The van der Waals surface area contributed by atoms with E-state index in [1.807, 2.05) is 6.92 Å². The fourth-order valence-corrected chi connectivity index (χ4v) is 10.4. The van der Waals surface area contributed by atoms with Gasteiger partial charge in [0.25, 0.3) is 0 Å². The summed E-state index contributed by atoms with van der Waals surface area (Å²) in [6.45, 7) is 6.63. The van der Waals surface area contributed by atoms with E-state index in [2.05, 4.69) is 242 Å². The molecule has 12 rings (SSSR count). The highest BCUT2D eigenvalue weighted by Gasteiger charge is 2.36. The maximum Gasteiger partial charge on any atom is 0.244 e. The molecule has 0 saturated heterocycles. The fraction of sp³-hybridized carbons (Fsp3) is 0.0161. The first kappa shape index (κ1) is 38.4. The molecule has 304 valence electrons. The molecule has 1 aliphatic rings. The standard InChI is InChI=1S/C62H43BN2/c1-3-4-8-19-41(2)48-27-17-28-49(43-22-11-6-12-23-43)61(48)63-55-35-32-44(42-20-9-5-10-21-42)40-54(55)62-60-51(29-18-30-56(60)63)52-38-45(33-36-57(52)64-62)46-34-37-59-53(39-46)50-26-15-16-31-58(50)65(59)47-24-13-7-14-25-47/h3-40H,2H2,1H3/b4-3-,19-8-. The predicted molar refractivity (Wildman–Crippen MR) is 279 cm³/mol. The van der Waals surface area contributed by atoms with Crippen LogP contribution in [0.2, 0.25) is 0 Å². The quantitative estimate of drug-likeness (QED) is 0.0848. The predicted octanol–water partition coefficient (Wildman–Crippen LogP) is 14.1. The molecule has 0 amide bonds. The van der Waals surface area contributed by atoms with Gasteiger partial charge >= 0.3 is 0 Å². The van der Waals surface area contributed by atoms with E-state index in [1.54, 1.807) is 0 Å². The minimum atomic E-state index is -0.101. The number of para-hydroxylation sites is 2. The van der Waals surface area contributed by atoms with Crippen LogP contribution in [0.5, 0.6) is 0 Å². The summed E-state index contributed by atoms with van der Waals surface area (Å²) in [4.78, 5) is 5.65. The summed E-state index contributed by atoms with van der Waals surface area (Å²) in [6, 6.07) is 75.3. The van der Waals surface area contributed by atoms with Crippen LogP contribution in [0.15, 0.2) is 237 Å². The van der Waals surface area contributed by atoms with Crippen molar-refractivity contribution in [3.63, 3.8) is 0 Å². The molecule has 0 radical (unpaired) electrons. The maximum atomic E-state index is 5.65. The van der Waals surface area contributed by atoms with Gasteiger partial charge in [-0.3, -0.25) is 0 Å². The average Bonchev–Trinajstić information content (AvgIpc) is 3.70. The lowest BCUT2D eigenvalue weighted by Gasteiger charge is -2.30. The molecule has 0 fully saturated rings. The molecule has 2 aromatic heterocycles. The average molecular weight is 827 g/mol. The second-order valence-corrected chi connectivity index (χ2v) is 17.0. The lowest BCUT2D eigenvalue weighted by molar-refractivity contribution is 1.18. The minimum absolute atomic E-state index is 0.101. The third kappa shape index (κ3) is 6.39. The molecule has 3 heteroatoms. The van der Waals surface area contributed by atoms with Crippen molar-refractivity contribution in [2.45, 2.75) is 6.92 Å². The van der Waals surface area contributed by atoms with Gasteiger partial charge < -0.3 is 4.57 Å². The second-order valence-electron chi connectivity index (χ2n) is 17.0. The number of nitrogens with zero attached hydrogens (tertiary/aromatic N) is 2. The van der Waals surface area contributed by atoms with Crippen molar-refractivity contribution in [2.75, 3.05) is 0 Å². The SMILES string of the molecule is C=C(/C=C\C=C/C)c1cccc(-c2ccccc2)c1B1c2ccc(-c3ccccc3)cc2-c2nc3ccc(-c4ccc5c(c4)c4ccccc4n5-c4ccccc4)cc3c3cccc1c23. The van der Waals surface area contributed by atoms with Crippen molar-refractivity contribution >= 4 is 72.2 Å². The van der Waals surface area contributed by atoms with Crippen molar-refractivity contribution in [1.82, 2.24) is 9.55 Å². The molecular formula is C62H43BN2. The monoisotopic (exact) mass is 826 g/mol. The Bertz CT molecular complexity index is 3730. The van der Waals surface area contributed by atoms with Crippen LogP contribution >= 0.6 is 0 Å². The normalized spacial score (nSPS) is 12.3. The largest absolute Gasteiger partial charge is 0.309 e. The maximum absolute atomic E-state index is 5.65. The first-order valence-electron chi connectivity index (χ1n) is 22.5. The Morgan fingerprint density at radius 2 is 1.14 bits per heavy atom. The van der Waals surface area contributed by atoms with Crippen LogP contribution in [0.25, 0.3) is 99.4 Å². The molecule has 11 aromatic rings. The van der Waals surface area contributed by atoms with E-state index in [-0.39, 0.29) is 6.71 Å². The Morgan fingerprint density at radius 3 is 1.94 bits per heavy atom. The number of rotatable bonds is 8. The molecule has 2 nitrogen and oxygen atoms in total. The van der Waals surface area contributed by atoms with Gasteiger partial charge in [-0.15, -0.1) is 0 Å². The topological polar surface area (TPSA) is 17.8 Å². The minimum Gasteiger partial charge on any atom is -0.309 e. The Hall–Kier alpha value is -8.27. The van der Waals surface area contributed by atoms with E-state index in [4.69, 9.17) is 4.98 Å². The van der Waals surface area contributed by atoms with E-state index < -0.39 is 0 Å². The lowest BCUT2D eigenvalue weighted by atomic mass is 9.32. The Kier molecular flexibility index (Phi) is 9.35. The Balaban J connectivity index is 1.11. The second kappa shape index (κ2) is 15.8. The molecule has 0 unspecified atom stereocenters. The van der Waals surface area contributed by atoms with Gasteiger partial charge in [0.2, 0.25) is 6.71 Å². The summed E-state index contributed by atoms with van der Waals surface area (Å²) in [5, 5.41) is 6.03. The lowest BCUT2D eigenvalue weighted by Crippen LogP contribution is -2.56. The van der Waals surface area contributed by atoms with Crippen molar-refractivity contribution in [3.05, 3.63) is 243 Å². The summed E-state index contributed by atoms with van der Waals surface area (Å²) in [7, 11) is 0. The van der Waals surface area contributed by atoms with Gasteiger partial charge in [-0.25, -0.2) is 4.98 Å². The van der Waals surface area contributed by atoms with Crippen molar-refractivity contribution in [3.8, 4) is 50.3 Å². The zero-order valence-corrected chi connectivity index (χ0v) is 36.1. The third-order valence-corrected chi connectivity index (χ3v) is 13.3. The van der Waals surface area contributed by atoms with Crippen LogP contribution in [0.3, 0.4) is 0 Å². The van der Waals surface area contributed by atoms with Crippen LogP contribution < -0.4 is 16.4 Å². The highest BCUT2D eigenvalue weighted by molar-refractivity contribution is 6.99. The first-order chi connectivity index (χ1) is 32.1.